The number of aromatic amines is 1. The zero-order chi connectivity index (χ0) is 21.5. The number of hydrogen-bond acceptors (Lipinski definition) is 4. The van der Waals surface area contributed by atoms with Crippen LogP contribution in [-0.4, -0.2) is 47.6 Å². The van der Waals surface area contributed by atoms with Gasteiger partial charge < -0.3 is 10.3 Å². The number of nitrogens with zero attached hydrogens (tertiary/aromatic N) is 1. The first-order valence-electron chi connectivity index (χ1n) is 10.7. The lowest BCUT2D eigenvalue weighted by atomic mass is 9.91. The molecular formula is C24H31N3O3. The largest absolute Gasteiger partial charge is 0.361 e. The highest BCUT2D eigenvalue weighted by Gasteiger charge is 2.36. The molecule has 1 heterocycles. The molecule has 0 saturated heterocycles. The molecule has 6 nitrogen and oxygen atoms in total. The fourth-order valence-corrected chi connectivity index (χ4v) is 4.40. The van der Waals surface area contributed by atoms with Crippen LogP contribution in [0.2, 0.25) is 0 Å². The molecule has 1 aromatic carbocycles. The Morgan fingerprint density at radius 1 is 1.33 bits per heavy atom. The number of imide groups is 1. The summed E-state index contributed by atoms with van der Waals surface area (Å²) in [6.45, 7) is 2.35. The third kappa shape index (κ3) is 4.87. The maximum absolute atomic E-state index is 13.1. The molecular weight excluding hydrogens is 378 g/mol. The maximum atomic E-state index is 13.1. The van der Waals surface area contributed by atoms with Crippen LogP contribution in [0.5, 0.6) is 0 Å². The summed E-state index contributed by atoms with van der Waals surface area (Å²) in [6, 6.07) is 7.44. The fourth-order valence-electron chi connectivity index (χ4n) is 4.40. The number of amides is 2. The van der Waals surface area contributed by atoms with Gasteiger partial charge in [0.1, 0.15) is 5.78 Å². The van der Waals surface area contributed by atoms with Crippen molar-refractivity contribution in [2.45, 2.75) is 45.1 Å². The van der Waals surface area contributed by atoms with Crippen LogP contribution in [0.4, 0.5) is 0 Å². The summed E-state index contributed by atoms with van der Waals surface area (Å²) in [5, 5.41) is 4.14. The summed E-state index contributed by atoms with van der Waals surface area (Å²) in [5.41, 5.74) is 2.05. The molecule has 0 spiro atoms. The van der Waals surface area contributed by atoms with E-state index >= 15 is 0 Å². The third-order valence-corrected chi connectivity index (χ3v) is 6.12. The number of aromatic nitrogens is 1. The van der Waals surface area contributed by atoms with Crippen molar-refractivity contribution in [2.24, 2.45) is 11.8 Å². The van der Waals surface area contributed by atoms with E-state index in [1.54, 1.807) is 7.05 Å². The van der Waals surface area contributed by atoms with Gasteiger partial charge in [0.25, 0.3) is 0 Å². The van der Waals surface area contributed by atoms with Crippen molar-refractivity contribution in [3.05, 3.63) is 48.2 Å². The standard InChI is InChI=1S/C24H31N3O3/c1-3-4-5-9-20-17(11-12-23(20)29)15-27(16-28)24(30)22(25-2)13-18-14-26-21-10-7-6-8-19(18)21/h4-8,10,14,16-17,20,22,25-26H,3,9,11-13,15H2,1-2H3/b5-4+. The van der Waals surface area contributed by atoms with E-state index in [9.17, 15) is 14.4 Å². The summed E-state index contributed by atoms with van der Waals surface area (Å²) >= 11 is 0. The molecule has 1 aliphatic rings. The number of rotatable bonds is 10. The van der Waals surface area contributed by atoms with Crippen molar-refractivity contribution in [3.63, 3.8) is 0 Å². The van der Waals surface area contributed by atoms with Gasteiger partial charge in [-0.05, 0) is 50.3 Å². The molecule has 1 fully saturated rings. The van der Waals surface area contributed by atoms with Crippen LogP contribution in [0.15, 0.2) is 42.6 Å². The quantitative estimate of drug-likeness (QED) is 0.466. The van der Waals surface area contributed by atoms with Gasteiger partial charge in [-0.15, -0.1) is 0 Å². The molecule has 30 heavy (non-hydrogen) atoms. The van der Waals surface area contributed by atoms with Crippen LogP contribution < -0.4 is 5.32 Å². The van der Waals surface area contributed by atoms with Crippen molar-refractivity contribution in [1.29, 1.82) is 0 Å². The first-order chi connectivity index (χ1) is 14.6. The zero-order valence-electron chi connectivity index (χ0n) is 17.8. The molecule has 6 heteroatoms. The molecule has 160 valence electrons. The number of carbonyl (C=O) groups is 3. The number of benzene rings is 1. The van der Waals surface area contributed by atoms with E-state index in [-0.39, 0.29) is 23.5 Å². The highest BCUT2D eigenvalue weighted by Crippen LogP contribution is 2.32. The number of para-hydroxylation sites is 1. The molecule has 2 N–H and O–H groups in total. The van der Waals surface area contributed by atoms with E-state index in [1.807, 2.05) is 36.5 Å². The number of hydrogen-bond donors (Lipinski definition) is 2. The van der Waals surface area contributed by atoms with Gasteiger partial charge >= 0.3 is 0 Å². The lowest BCUT2D eigenvalue weighted by Crippen LogP contribution is -2.47. The van der Waals surface area contributed by atoms with Crippen molar-refractivity contribution >= 4 is 29.0 Å². The van der Waals surface area contributed by atoms with E-state index in [2.05, 4.69) is 23.3 Å². The normalized spacial score (nSPS) is 20.1. The summed E-state index contributed by atoms with van der Waals surface area (Å²) in [7, 11) is 1.73. The number of allylic oxidation sites excluding steroid dienone is 2. The average molecular weight is 410 g/mol. The van der Waals surface area contributed by atoms with Crippen molar-refractivity contribution in [1.82, 2.24) is 15.2 Å². The Morgan fingerprint density at radius 2 is 2.13 bits per heavy atom. The maximum Gasteiger partial charge on any atom is 0.246 e. The van der Waals surface area contributed by atoms with Crippen LogP contribution in [0, 0.1) is 11.8 Å². The molecule has 1 saturated carbocycles. The van der Waals surface area contributed by atoms with Crippen molar-refractivity contribution in [2.75, 3.05) is 13.6 Å². The first-order valence-corrected chi connectivity index (χ1v) is 10.7. The number of nitrogens with one attached hydrogen (secondary N) is 2. The van der Waals surface area contributed by atoms with Gasteiger partial charge in [0.15, 0.2) is 0 Å². The minimum atomic E-state index is -0.509. The SMILES string of the molecule is CC/C=C/CC1C(=O)CCC1CN(C=O)C(=O)C(Cc1c[nH]c2ccccc12)NC. The topological polar surface area (TPSA) is 82.3 Å². The van der Waals surface area contributed by atoms with Crippen LogP contribution in [-0.2, 0) is 20.8 Å². The number of carbonyl (C=O) groups excluding carboxylic acids is 3. The number of Topliss-reactive ketones (excluding diaryl/α,β-unsaturated/α-hetero) is 1. The fraction of sp³-hybridized carbons (Fsp3) is 0.458. The van der Waals surface area contributed by atoms with Crippen LogP contribution >= 0.6 is 0 Å². The molecule has 2 amide bonds. The van der Waals surface area contributed by atoms with Gasteiger partial charge in [-0.2, -0.15) is 0 Å². The number of likely N-dealkylation sites (N-methyl/N-ethyl adjacent to an activating group) is 1. The smallest absolute Gasteiger partial charge is 0.246 e. The molecule has 3 atom stereocenters. The Hall–Kier alpha value is -2.73. The van der Waals surface area contributed by atoms with Crippen LogP contribution in [0.3, 0.4) is 0 Å². The van der Waals surface area contributed by atoms with Crippen molar-refractivity contribution < 1.29 is 14.4 Å². The highest BCUT2D eigenvalue weighted by molar-refractivity contribution is 5.92. The number of fused-ring (bicyclic) bond motifs is 1. The zero-order valence-corrected chi connectivity index (χ0v) is 17.8. The Morgan fingerprint density at radius 3 is 2.87 bits per heavy atom. The summed E-state index contributed by atoms with van der Waals surface area (Å²) < 4.78 is 0. The minimum absolute atomic E-state index is 0.0266. The van der Waals surface area contributed by atoms with Gasteiger partial charge in [0.2, 0.25) is 12.3 Å². The van der Waals surface area contributed by atoms with E-state index in [4.69, 9.17) is 0 Å². The van der Waals surface area contributed by atoms with Crippen molar-refractivity contribution in [3.8, 4) is 0 Å². The predicted octanol–water partition coefficient (Wildman–Crippen LogP) is 3.24. The Labute approximate surface area is 177 Å². The molecule has 2 aromatic rings. The van der Waals surface area contributed by atoms with E-state index in [1.165, 1.54) is 4.90 Å². The average Bonchev–Trinajstić information content (AvgIpc) is 3.33. The van der Waals surface area contributed by atoms with Gasteiger partial charge in [-0.3, -0.25) is 19.3 Å². The third-order valence-electron chi connectivity index (χ3n) is 6.12. The Kier molecular flexibility index (Phi) is 7.57. The lowest BCUT2D eigenvalue weighted by molar-refractivity contribution is -0.141. The molecule has 3 rings (SSSR count). The molecule has 0 bridgehead atoms. The van der Waals surface area contributed by atoms with E-state index in [0.29, 0.717) is 32.2 Å². The second-order valence-corrected chi connectivity index (χ2v) is 7.99. The first kappa shape index (κ1) is 22.0. The highest BCUT2D eigenvalue weighted by atomic mass is 16.2. The predicted molar refractivity (Wildman–Crippen MR) is 118 cm³/mol. The molecule has 0 radical (unpaired) electrons. The van der Waals surface area contributed by atoms with Crippen LogP contribution in [0.25, 0.3) is 10.9 Å². The molecule has 0 aliphatic heterocycles. The molecule has 3 unspecified atom stereocenters. The second kappa shape index (κ2) is 10.3. The van der Waals surface area contributed by atoms with Gasteiger partial charge in [0, 0.05) is 36.0 Å². The number of H-pyrrole nitrogens is 1. The second-order valence-electron chi connectivity index (χ2n) is 7.99. The minimum Gasteiger partial charge on any atom is -0.361 e. The summed E-state index contributed by atoms with van der Waals surface area (Å²) in [6.07, 6.45) is 9.99. The van der Waals surface area contributed by atoms with Gasteiger partial charge in [-0.25, -0.2) is 0 Å². The Bertz CT molecular complexity index is 917. The van der Waals surface area contributed by atoms with Gasteiger partial charge in [0.05, 0.1) is 6.04 Å². The molecule has 1 aromatic heterocycles. The summed E-state index contributed by atoms with van der Waals surface area (Å²) in [5.74, 6) is -0.0913. The lowest BCUT2D eigenvalue weighted by Gasteiger charge is -2.26. The number of ketones is 1. The molecule has 1 aliphatic carbocycles. The van der Waals surface area contributed by atoms with Gasteiger partial charge in [-0.1, -0.05) is 37.3 Å². The van der Waals surface area contributed by atoms with Crippen LogP contribution in [0.1, 0.15) is 38.2 Å². The monoisotopic (exact) mass is 409 g/mol. The Balaban J connectivity index is 1.69. The summed E-state index contributed by atoms with van der Waals surface area (Å²) in [4.78, 5) is 41.7. The van der Waals surface area contributed by atoms with E-state index in [0.717, 1.165) is 29.3 Å². The van der Waals surface area contributed by atoms with E-state index < -0.39 is 6.04 Å².